The van der Waals surface area contributed by atoms with Gasteiger partial charge in [-0.25, -0.2) is 0 Å². The van der Waals surface area contributed by atoms with E-state index in [0.717, 1.165) is 16.0 Å². The van der Waals surface area contributed by atoms with Crippen LogP contribution in [0.25, 0.3) is 0 Å². The van der Waals surface area contributed by atoms with Crippen molar-refractivity contribution in [2.75, 3.05) is 5.73 Å². The smallest absolute Gasteiger partial charge is 0.235 e. The Labute approximate surface area is 121 Å². The van der Waals surface area contributed by atoms with E-state index >= 15 is 0 Å². The third-order valence-corrected chi connectivity index (χ3v) is 5.04. The zero-order valence-electron chi connectivity index (χ0n) is 10.0. The van der Waals surface area contributed by atoms with Crippen molar-refractivity contribution in [1.82, 2.24) is 0 Å². The van der Waals surface area contributed by atoms with Crippen molar-refractivity contribution in [3.8, 4) is 0 Å². The number of carbonyl (C=O) groups is 1. The molecule has 0 radical (unpaired) electrons. The van der Waals surface area contributed by atoms with Crippen LogP contribution in [0.4, 0.5) is 5.69 Å². The Morgan fingerprint density at radius 2 is 1.89 bits per heavy atom. The number of anilines is 1. The Hall–Kier alpha value is -1.45. The molecule has 1 aliphatic rings. The van der Waals surface area contributed by atoms with Gasteiger partial charge < -0.3 is 5.73 Å². The van der Waals surface area contributed by atoms with E-state index in [1.165, 1.54) is 11.8 Å². The van der Waals surface area contributed by atoms with Gasteiger partial charge in [-0.1, -0.05) is 30.3 Å². The Kier molecular flexibility index (Phi) is 3.25. The molecule has 0 spiro atoms. The normalized spacial score (nSPS) is 21.1. The first kappa shape index (κ1) is 12.6. The van der Waals surface area contributed by atoms with Gasteiger partial charge in [-0.2, -0.15) is 0 Å². The van der Waals surface area contributed by atoms with Crippen molar-refractivity contribution in [1.29, 1.82) is 0 Å². The number of hydrogen-bond donors (Lipinski definition) is 1. The first-order valence-corrected chi connectivity index (χ1v) is 7.23. The maximum atomic E-state index is 11.7. The number of nitrogen functional groups attached to an aromatic ring is 1. The summed E-state index contributed by atoms with van der Waals surface area (Å²) in [6, 6.07) is 15.7. The van der Waals surface area contributed by atoms with E-state index in [-0.39, 0.29) is 16.4 Å². The van der Waals surface area contributed by atoms with Crippen molar-refractivity contribution in [2.24, 2.45) is 0 Å². The number of carbonyl (C=O) groups excluding carboxylic acids is 1. The largest absolute Gasteiger partial charge is 0.399 e. The maximum absolute atomic E-state index is 11.7. The minimum Gasteiger partial charge on any atom is -0.399 e. The van der Waals surface area contributed by atoms with Crippen molar-refractivity contribution < 1.29 is 4.79 Å². The summed E-state index contributed by atoms with van der Waals surface area (Å²) < 4.78 is 0. The summed E-state index contributed by atoms with van der Waals surface area (Å²) in [4.78, 5) is 12.8. The van der Waals surface area contributed by atoms with Crippen LogP contribution in [0.1, 0.15) is 17.0 Å². The zero-order chi connectivity index (χ0) is 13.4. The van der Waals surface area contributed by atoms with Crippen molar-refractivity contribution in [2.45, 2.75) is 16.1 Å². The van der Waals surface area contributed by atoms with Crippen LogP contribution in [0.2, 0.25) is 0 Å². The monoisotopic (exact) mass is 289 g/mol. The molecule has 96 valence electrons. The van der Waals surface area contributed by atoms with Crippen LogP contribution in [-0.4, -0.2) is 10.5 Å². The SMILES string of the molecule is Nc1ccc2c(c1)C(c1ccccc1)C(C(=O)Cl)S2. The molecule has 0 bridgehead atoms. The average Bonchev–Trinajstić information content (AvgIpc) is 2.78. The summed E-state index contributed by atoms with van der Waals surface area (Å²) in [6.07, 6.45) is 0. The second-order valence-corrected chi connectivity index (χ2v) is 6.08. The summed E-state index contributed by atoms with van der Waals surface area (Å²) in [5.74, 6) is -0.0188. The second kappa shape index (κ2) is 4.91. The summed E-state index contributed by atoms with van der Waals surface area (Å²) in [7, 11) is 0. The van der Waals surface area contributed by atoms with Crippen LogP contribution < -0.4 is 5.73 Å². The van der Waals surface area contributed by atoms with Crippen molar-refractivity contribution in [3.63, 3.8) is 0 Å². The highest BCUT2D eigenvalue weighted by Gasteiger charge is 2.38. The fraction of sp³-hybridized carbons (Fsp3) is 0.133. The Balaban J connectivity index is 2.14. The summed E-state index contributed by atoms with van der Waals surface area (Å²) >= 11 is 7.29. The molecule has 2 aromatic carbocycles. The van der Waals surface area contributed by atoms with Crippen LogP contribution in [0.5, 0.6) is 0 Å². The molecule has 1 aliphatic heterocycles. The molecule has 3 rings (SSSR count). The van der Waals surface area contributed by atoms with E-state index in [2.05, 4.69) is 0 Å². The number of hydrogen-bond acceptors (Lipinski definition) is 3. The lowest BCUT2D eigenvalue weighted by Crippen LogP contribution is -2.18. The molecule has 0 saturated heterocycles. The second-order valence-electron chi connectivity index (χ2n) is 4.53. The molecule has 19 heavy (non-hydrogen) atoms. The minimum atomic E-state index is -0.311. The van der Waals surface area contributed by atoms with Crippen LogP contribution >= 0.6 is 23.4 Å². The molecular weight excluding hydrogens is 278 g/mol. The molecule has 2 atom stereocenters. The van der Waals surface area contributed by atoms with Gasteiger partial charge in [0.25, 0.3) is 0 Å². The topological polar surface area (TPSA) is 43.1 Å². The molecule has 1 heterocycles. The standard InChI is InChI=1S/C15H12ClNOS/c16-15(18)14-13(9-4-2-1-3-5-9)11-8-10(17)6-7-12(11)19-14/h1-8,13-14H,17H2. The average molecular weight is 290 g/mol. The van der Waals surface area contributed by atoms with E-state index in [1.54, 1.807) is 0 Å². The van der Waals surface area contributed by atoms with E-state index in [1.807, 2.05) is 48.5 Å². The van der Waals surface area contributed by atoms with E-state index < -0.39 is 0 Å². The number of fused-ring (bicyclic) bond motifs is 1. The van der Waals surface area contributed by atoms with Gasteiger partial charge in [0.15, 0.2) is 0 Å². The van der Waals surface area contributed by atoms with Crippen LogP contribution in [0.15, 0.2) is 53.4 Å². The lowest BCUT2D eigenvalue weighted by atomic mass is 9.89. The summed E-state index contributed by atoms with van der Waals surface area (Å²) in [6.45, 7) is 0. The van der Waals surface area contributed by atoms with E-state index in [9.17, 15) is 4.79 Å². The number of halogens is 1. The third-order valence-electron chi connectivity index (χ3n) is 3.31. The summed E-state index contributed by atoms with van der Waals surface area (Å²) in [5, 5.41) is -0.588. The van der Waals surface area contributed by atoms with Crippen LogP contribution in [0, 0.1) is 0 Å². The van der Waals surface area contributed by atoms with Gasteiger partial charge in [-0.3, -0.25) is 4.79 Å². The van der Waals surface area contributed by atoms with Crippen LogP contribution in [-0.2, 0) is 4.79 Å². The molecule has 0 fully saturated rings. The zero-order valence-corrected chi connectivity index (χ0v) is 11.6. The molecule has 0 aliphatic carbocycles. The van der Waals surface area contributed by atoms with Crippen molar-refractivity contribution in [3.05, 3.63) is 59.7 Å². The maximum Gasteiger partial charge on any atom is 0.235 e. The van der Waals surface area contributed by atoms with Gasteiger partial charge >= 0.3 is 0 Å². The predicted molar refractivity (Wildman–Crippen MR) is 79.6 cm³/mol. The van der Waals surface area contributed by atoms with Gasteiger partial charge in [-0.05, 0) is 40.9 Å². The van der Waals surface area contributed by atoms with Gasteiger partial charge in [-0.15, -0.1) is 11.8 Å². The molecule has 0 amide bonds. The molecule has 0 aromatic heterocycles. The molecule has 2 unspecified atom stereocenters. The highest BCUT2D eigenvalue weighted by molar-refractivity contribution is 8.01. The van der Waals surface area contributed by atoms with E-state index in [4.69, 9.17) is 17.3 Å². The first-order valence-electron chi connectivity index (χ1n) is 5.97. The number of rotatable bonds is 2. The highest BCUT2D eigenvalue weighted by Crippen LogP contribution is 2.49. The molecule has 2 N–H and O–H groups in total. The van der Waals surface area contributed by atoms with Crippen LogP contribution in [0.3, 0.4) is 0 Å². The Bertz CT molecular complexity index is 629. The quantitative estimate of drug-likeness (QED) is 0.678. The minimum absolute atomic E-state index is 0.0188. The number of thioether (sulfide) groups is 1. The lowest BCUT2D eigenvalue weighted by Gasteiger charge is -2.17. The Morgan fingerprint density at radius 3 is 2.58 bits per heavy atom. The van der Waals surface area contributed by atoms with Gasteiger partial charge in [0, 0.05) is 16.5 Å². The predicted octanol–water partition coefficient (Wildman–Crippen LogP) is 3.64. The first-order chi connectivity index (χ1) is 9.16. The van der Waals surface area contributed by atoms with Gasteiger partial charge in [0.05, 0.1) is 5.25 Å². The lowest BCUT2D eigenvalue weighted by molar-refractivity contribution is -0.111. The van der Waals surface area contributed by atoms with E-state index in [0.29, 0.717) is 5.69 Å². The molecule has 2 aromatic rings. The number of benzene rings is 2. The fourth-order valence-electron chi connectivity index (χ4n) is 2.48. The van der Waals surface area contributed by atoms with Gasteiger partial charge in [0.1, 0.15) is 0 Å². The van der Waals surface area contributed by atoms with Crippen molar-refractivity contribution >= 4 is 34.3 Å². The molecule has 4 heteroatoms. The fourth-order valence-corrected chi connectivity index (χ4v) is 4.01. The molecular formula is C15H12ClNOS. The number of nitrogens with two attached hydrogens (primary N) is 1. The van der Waals surface area contributed by atoms with Gasteiger partial charge in [0.2, 0.25) is 5.24 Å². The Morgan fingerprint density at radius 1 is 1.16 bits per heavy atom. The summed E-state index contributed by atoms with van der Waals surface area (Å²) in [5.41, 5.74) is 8.77. The molecule has 0 saturated carbocycles. The third kappa shape index (κ3) is 2.24. The molecule has 2 nitrogen and oxygen atoms in total. The highest BCUT2D eigenvalue weighted by atomic mass is 35.5.